The van der Waals surface area contributed by atoms with Crippen molar-refractivity contribution in [3.63, 3.8) is 0 Å². The van der Waals surface area contributed by atoms with E-state index in [9.17, 15) is 9.59 Å². The van der Waals surface area contributed by atoms with Crippen LogP contribution in [0.25, 0.3) is 0 Å². The average molecular weight is 338 g/mol. The second-order valence-electron chi connectivity index (χ2n) is 7.95. The number of esters is 2. The van der Waals surface area contributed by atoms with Crippen LogP contribution >= 0.6 is 0 Å². The van der Waals surface area contributed by atoms with Gasteiger partial charge in [0.25, 0.3) is 0 Å². The summed E-state index contributed by atoms with van der Waals surface area (Å²) in [5.41, 5.74) is 1.08. The first-order valence-corrected chi connectivity index (χ1v) is 9.32. The van der Waals surface area contributed by atoms with Crippen LogP contribution in [0, 0.1) is 23.7 Å². The fourth-order valence-electron chi connectivity index (χ4n) is 3.01. The summed E-state index contributed by atoms with van der Waals surface area (Å²) < 4.78 is 10.9. The highest BCUT2D eigenvalue weighted by atomic mass is 16.5. The molecule has 0 aliphatic heterocycles. The van der Waals surface area contributed by atoms with Crippen LogP contribution in [0.1, 0.15) is 67.2 Å². The summed E-state index contributed by atoms with van der Waals surface area (Å²) in [6, 6.07) is 0. The lowest BCUT2D eigenvalue weighted by Gasteiger charge is -2.21. The van der Waals surface area contributed by atoms with Crippen molar-refractivity contribution >= 4 is 11.9 Å². The molecule has 0 bridgehead atoms. The lowest BCUT2D eigenvalue weighted by atomic mass is 9.87. The van der Waals surface area contributed by atoms with E-state index in [-0.39, 0.29) is 35.6 Å². The third-order valence-corrected chi connectivity index (χ3v) is 4.17. The molecule has 0 spiro atoms. The summed E-state index contributed by atoms with van der Waals surface area (Å²) in [6.07, 6.45) is 4.08. The molecule has 0 unspecified atom stereocenters. The lowest BCUT2D eigenvalue weighted by Crippen LogP contribution is -2.25. The molecule has 1 aliphatic rings. The fraction of sp³-hybridized carbons (Fsp3) is 0.800. The van der Waals surface area contributed by atoms with Gasteiger partial charge in [0.1, 0.15) is 0 Å². The first-order valence-electron chi connectivity index (χ1n) is 9.32. The van der Waals surface area contributed by atoms with Crippen molar-refractivity contribution in [2.45, 2.75) is 67.2 Å². The first kappa shape index (κ1) is 20.7. The molecule has 0 aromatic carbocycles. The van der Waals surface area contributed by atoms with Gasteiger partial charge in [-0.3, -0.25) is 0 Å². The van der Waals surface area contributed by atoms with Gasteiger partial charge in [-0.25, -0.2) is 9.59 Å². The minimum absolute atomic E-state index is 0.0631. The van der Waals surface area contributed by atoms with E-state index in [2.05, 4.69) is 0 Å². The van der Waals surface area contributed by atoms with E-state index in [1.807, 2.05) is 41.5 Å². The van der Waals surface area contributed by atoms with Gasteiger partial charge in [-0.05, 0) is 36.5 Å². The molecule has 4 nitrogen and oxygen atoms in total. The van der Waals surface area contributed by atoms with E-state index >= 15 is 0 Å². The molecule has 138 valence electrons. The molecule has 0 aromatic rings. The Morgan fingerprint density at radius 1 is 0.833 bits per heavy atom. The van der Waals surface area contributed by atoms with E-state index in [0.29, 0.717) is 24.4 Å². The van der Waals surface area contributed by atoms with Crippen LogP contribution in [0.5, 0.6) is 0 Å². The molecule has 0 amide bonds. The molecule has 24 heavy (non-hydrogen) atoms. The zero-order valence-corrected chi connectivity index (χ0v) is 16.2. The van der Waals surface area contributed by atoms with Gasteiger partial charge in [-0.1, -0.05) is 54.4 Å². The van der Waals surface area contributed by atoms with Gasteiger partial charge in [0.2, 0.25) is 0 Å². The van der Waals surface area contributed by atoms with Gasteiger partial charge < -0.3 is 9.47 Å². The molecule has 0 heterocycles. The van der Waals surface area contributed by atoms with Gasteiger partial charge in [0.05, 0.1) is 24.4 Å². The molecule has 0 radical (unpaired) electrons. The van der Waals surface area contributed by atoms with Crippen LogP contribution < -0.4 is 0 Å². The minimum Gasteiger partial charge on any atom is -0.462 e. The van der Waals surface area contributed by atoms with Crippen LogP contribution in [0.3, 0.4) is 0 Å². The molecular weight excluding hydrogens is 304 g/mol. The molecule has 4 heteroatoms. The van der Waals surface area contributed by atoms with Gasteiger partial charge >= 0.3 is 11.9 Å². The Morgan fingerprint density at radius 2 is 1.29 bits per heavy atom. The topological polar surface area (TPSA) is 52.6 Å². The maximum absolute atomic E-state index is 12.7. The largest absolute Gasteiger partial charge is 0.462 e. The van der Waals surface area contributed by atoms with Crippen LogP contribution in [0.2, 0.25) is 0 Å². The summed E-state index contributed by atoms with van der Waals surface area (Å²) in [4.78, 5) is 25.4. The average Bonchev–Trinajstić information content (AvgIpc) is 3.01. The summed E-state index contributed by atoms with van der Waals surface area (Å²) in [6.45, 7) is 12.6. The number of hydrogen-bond donors (Lipinski definition) is 0. The van der Waals surface area contributed by atoms with E-state index in [0.717, 1.165) is 25.7 Å². The number of carbonyl (C=O) groups is 2. The zero-order valence-electron chi connectivity index (χ0n) is 16.2. The Morgan fingerprint density at radius 3 is 1.71 bits per heavy atom. The van der Waals surface area contributed by atoms with Crippen LogP contribution in [-0.2, 0) is 19.1 Å². The molecule has 1 saturated carbocycles. The molecule has 0 N–H and O–H groups in total. The van der Waals surface area contributed by atoms with Crippen molar-refractivity contribution < 1.29 is 19.1 Å². The van der Waals surface area contributed by atoms with Crippen molar-refractivity contribution in [3.8, 4) is 0 Å². The molecule has 1 aliphatic carbocycles. The Labute approximate surface area is 147 Å². The highest BCUT2D eigenvalue weighted by Crippen LogP contribution is 2.35. The predicted molar refractivity (Wildman–Crippen MR) is 95.4 cm³/mol. The van der Waals surface area contributed by atoms with Crippen molar-refractivity contribution in [1.82, 2.24) is 0 Å². The molecule has 1 fully saturated rings. The predicted octanol–water partition coefficient (Wildman–Crippen LogP) is 4.53. The molecule has 0 aromatic heterocycles. The van der Waals surface area contributed by atoms with Crippen molar-refractivity contribution in [3.05, 3.63) is 11.1 Å². The normalized spacial score (nSPS) is 16.7. The number of hydrogen-bond acceptors (Lipinski definition) is 4. The van der Waals surface area contributed by atoms with Gasteiger partial charge in [0.15, 0.2) is 0 Å². The Bertz CT molecular complexity index is 454. The van der Waals surface area contributed by atoms with Gasteiger partial charge in [-0.2, -0.15) is 0 Å². The lowest BCUT2D eigenvalue weighted by molar-refractivity contribution is -0.144. The number of carbonyl (C=O) groups excluding carboxylic acids is 2. The molecular formula is C20H34O4. The smallest absolute Gasteiger partial charge is 0.334 e. The summed E-state index contributed by atoms with van der Waals surface area (Å²) in [5, 5.41) is 0. The molecule has 0 atom stereocenters. The Kier molecular flexibility index (Phi) is 8.51. The summed E-state index contributed by atoms with van der Waals surface area (Å²) in [7, 11) is 0. The van der Waals surface area contributed by atoms with Crippen molar-refractivity contribution in [1.29, 1.82) is 0 Å². The van der Waals surface area contributed by atoms with E-state index in [4.69, 9.17) is 9.47 Å². The Hall–Kier alpha value is -1.32. The van der Waals surface area contributed by atoms with Crippen LogP contribution in [0.4, 0.5) is 0 Å². The van der Waals surface area contributed by atoms with Crippen LogP contribution in [-0.4, -0.2) is 25.2 Å². The van der Waals surface area contributed by atoms with E-state index in [1.165, 1.54) is 0 Å². The highest BCUT2D eigenvalue weighted by Gasteiger charge is 2.33. The quantitative estimate of drug-likeness (QED) is 0.482. The van der Waals surface area contributed by atoms with E-state index < -0.39 is 0 Å². The number of rotatable bonds is 8. The van der Waals surface area contributed by atoms with Crippen molar-refractivity contribution in [2.24, 2.45) is 23.7 Å². The monoisotopic (exact) mass is 338 g/mol. The molecule has 0 saturated heterocycles. The summed E-state index contributed by atoms with van der Waals surface area (Å²) in [5.74, 6) is -0.0947. The zero-order chi connectivity index (χ0) is 18.3. The minimum atomic E-state index is -0.359. The van der Waals surface area contributed by atoms with Crippen LogP contribution in [0.15, 0.2) is 11.1 Å². The fourth-order valence-corrected chi connectivity index (χ4v) is 3.01. The first-order chi connectivity index (χ1) is 11.2. The van der Waals surface area contributed by atoms with E-state index in [1.54, 1.807) is 0 Å². The van der Waals surface area contributed by atoms with Crippen molar-refractivity contribution in [2.75, 3.05) is 13.2 Å². The van der Waals surface area contributed by atoms with Gasteiger partial charge in [-0.15, -0.1) is 0 Å². The third-order valence-electron chi connectivity index (χ3n) is 4.17. The second kappa shape index (κ2) is 9.85. The summed E-state index contributed by atoms with van der Waals surface area (Å²) >= 11 is 0. The Balaban J connectivity index is 3.13. The van der Waals surface area contributed by atoms with Gasteiger partial charge in [0, 0.05) is 0 Å². The SMILES string of the molecule is CC(C)COC(=O)C(=C(C(=O)OCC(C)C)C1CCCC1)C(C)C. The highest BCUT2D eigenvalue weighted by molar-refractivity contribution is 6.01. The third kappa shape index (κ3) is 6.29. The second-order valence-corrected chi connectivity index (χ2v) is 7.95. The number of ether oxygens (including phenoxy) is 2. The maximum Gasteiger partial charge on any atom is 0.334 e. The standard InChI is InChI=1S/C20H34O4/c1-13(2)11-23-19(21)17(15(5)6)18(16-9-7-8-10-16)20(22)24-12-14(3)4/h13-16H,7-12H2,1-6H3. The molecule has 1 rings (SSSR count). The maximum atomic E-state index is 12.7.